The summed E-state index contributed by atoms with van der Waals surface area (Å²) in [6.07, 6.45) is 0.250. The molecule has 1 aromatic carbocycles. The van der Waals surface area contributed by atoms with E-state index in [-0.39, 0.29) is 24.7 Å². The zero-order valence-corrected chi connectivity index (χ0v) is 15.1. The van der Waals surface area contributed by atoms with E-state index in [1.807, 2.05) is 25.1 Å². The summed E-state index contributed by atoms with van der Waals surface area (Å²) in [7, 11) is 0. The van der Waals surface area contributed by atoms with E-state index in [9.17, 15) is 9.90 Å². The number of urea groups is 1. The van der Waals surface area contributed by atoms with Crippen LogP contribution in [0, 0.1) is 0 Å². The number of aliphatic hydroxyl groups excluding tert-OH is 1. The van der Waals surface area contributed by atoms with Crippen molar-refractivity contribution in [3.63, 3.8) is 0 Å². The van der Waals surface area contributed by atoms with Gasteiger partial charge in [-0.2, -0.15) is 4.80 Å². The maximum Gasteiger partial charge on any atom is 0.315 e. The van der Waals surface area contributed by atoms with E-state index in [1.165, 1.54) is 4.80 Å². The molecule has 2 aliphatic rings. The second-order valence-corrected chi connectivity index (χ2v) is 6.73. The van der Waals surface area contributed by atoms with Crippen molar-refractivity contribution in [1.29, 1.82) is 0 Å². The number of rotatable bonds is 5. The molecule has 0 unspecified atom stereocenters. The minimum absolute atomic E-state index is 0.0179. The molecule has 2 aliphatic heterocycles. The molecule has 0 aliphatic carbocycles. The molecule has 0 spiro atoms. The SMILES string of the molecule is CCn1nnc(CNC(=O)NCc2ccc3c(c2)[C@@H]2C[C@H](N3)[C@H](O)CO2)n1. The minimum Gasteiger partial charge on any atom is -0.389 e. The molecule has 2 bridgehead atoms. The lowest BCUT2D eigenvalue weighted by Crippen LogP contribution is -2.46. The molecule has 2 amide bonds. The smallest absolute Gasteiger partial charge is 0.315 e. The maximum absolute atomic E-state index is 12.0. The van der Waals surface area contributed by atoms with Gasteiger partial charge >= 0.3 is 6.03 Å². The summed E-state index contributed by atoms with van der Waals surface area (Å²) in [6, 6.07) is 5.70. The average molecular weight is 373 g/mol. The van der Waals surface area contributed by atoms with Gasteiger partial charge in [-0.1, -0.05) is 6.07 Å². The van der Waals surface area contributed by atoms with Crippen LogP contribution in [0.25, 0.3) is 0 Å². The highest BCUT2D eigenvalue weighted by Crippen LogP contribution is 2.39. The van der Waals surface area contributed by atoms with Gasteiger partial charge in [0, 0.05) is 24.2 Å². The normalized spacial score (nSPS) is 23.3. The van der Waals surface area contributed by atoms with Crippen LogP contribution in [0.3, 0.4) is 0 Å². The third kappa shape index (κ3) is 3.86. The van der Waals surface area contributed by atoms with Crippen molar-refractivity contribution < 1.29 is 14.6 Å². The number of carbonyl (C=O) groups is 1. The quantitative estimate of drug-likeness (QED) is 0.594. The number of aryl methyl sites for hydroxylation is 1. The molecule has 3 atom stereocenters. The van der Waals surface area contributed by atoms with Crippen LogP contribution in [0.1, 0.15) is 36.4 Å². The number of aliphatic hydroxyl groups is 1. The number of aromatic nitrogens is 4. The molecule has 4 N–H and O–H groups in total. The van der Waals surface area contributed by atoms with Crippen LogP contribution >= 0.6 is 0 Å². The number of nitrogens with zero attached hydrogens (tertiary/aromatic N) is 4. The maximum atomic E-state index is 12.0. The molecule has 144 valence electrons. The Morgan fingerprint density at radius 3 is 3.07 bits per heavy atom. The highest BCUT2D eigenvalue weighted by Gasteiger charge is 2.36. The Morgan fingerprint density at radius 2 is 2.26 bits per heavy atom. The van der Waals surface area contributed by atoms with Gasteiger partial charge in [-0.25, -0.2) is 4.79 Å². The number of carbonyl (C=O) groups excluding carboxylic acids is 1. The average Bonchev–Trinajstić information content (AvgIpc) is 3.16. The predicted octanol–water partition coefficient (Wildman–Crippen LogP) is 0.309. The third-order valence-electron chi connectivity index (χ3n) is 4.84. The van der Waals surface area contributed by atoms with E-state index < -0.39 is 6.10 Å². The van der Waals surface area contributed by atoms with Gasteiger partial charge in [-0.15, -0.1) is 10.2 Å². The van der Waals surface area contributed by atoms with Crippen molar-refractivity contribution in [3.05, 3.63) is 35.2 Å². The Hall–Kier alpha value is -2.72. The first kappa shape index (κ1) is 17.7. The summed E-state index contributed by atoms with van der Waals surface area (Å²) in [5.41, 5.74) is 3.03. The first-order valence-corrected chi connectivity index (χ1v) is 9.09. The number of ether oxygens (including phenoxy) is 1. The minimum atomic E-state index is -0.479. The monoisotopic (exact) mass is 373 g/mol. The number of tetrazole rings is 1. The van der Waals surface area contributed by atoms with Crippen molar-refractivity contribution in [2.75, 3.05) is 11.9 Å². The van der Waals surface area contributed by atoms with Gasteiger partial charge in [0.25, 0.3) is 0 Å². The summed E-state index contributed by atoms with van der Waals surface area (Å²) in [5, 5.41) is 30.7. The zero-order valence-electron chi connectivity index (χ0n) is 15.1. The fraction of sp³-hybridized carbons (Fsp3) is 0.529. The summed E-state index contributed by atoms with van der Waals surface area (Å²) >= 11 is 0. The Bertz CT molecular complexity index is 825. The highest BCUT2D eigenvalue weighted by atomic mass is 16.5. The Labute approximate surface area is 156 Å². The van der Waals surface area contributed by atoms with Crippen LogP contribution in [-0.4, -0.2) is 50.1 Å². The first-order valence-electron chi connectivity index (χ1n) is 9.09. The Kier molecular flexibility index (Phi) is 4.90. The molecule has 10 nitrogen and oxygen atoms in total. The topological polar surface area (TPSA) is 126 Å². The highest BCUT2D eigenvalue weighted by molar-refractivity contribution is 5.73. The number of nitrogens with one attached hydrogen (secondary N) is 3. The van der Waals surface area contributed by atoms with Crippen LogP contribution in [0.15, 0.2) is 18.2 Å². The summed E-state index contributed by atoms with van der Waals surface area (Å²) in [4.78, 5) is 13.5. The molecule has 1 fully saturated rings. The van der Waals surface area contributed by atoms with Gasteiger partial charge in [0.15, 0.2) is 5.82 Å². The van der Waals surface area contributed by atoms with E-state index in [1.54, 1.807) is 0 Å². The molecule has 2 aromatic rings. The van der Waals surface area contributed by atoms with Crippen LogP contribution in [0.5, 0.6) is 0 Å². The molecule has 27 heavy (non-hydrogen) atoms. The Balaban J connectivity index is 1.32. The lowest BCUT2D eigenvalue weighted by atomic mass is 9.89. The van der Waals surface area contributed by atoms with Gasteiger partial charge < -0.3 is 25.8 Å². The van der Waals surface area contributed by atoms with E-state index in [0.717, 1.165) is 23.2 Å². The van der Waals surface area contributed by atoms with Crippen molar-refractivity contribution >= 4 is 11.7 Å². The molecule has 0 radical (unpaired) electrons. The fourth-order valence-electron chi connectivity index (χ4n) is 3.36. The van der Waals surface area contributed by atoms with E-state index in [0.29, 0.717) is 25.5 Å². The van der Waals surface area contributed by atoms with Crippen molar-refractivity contribution in [2.45, 2.75) is 51.2 Å². The number of amides is 2. The summed E-state index contributed by atoms with van der Waals surface area (Å²) in [5.74, 6) is 0.470. The lowest BCUT2D eigenvalue weighted by Gasteiger charge is -2.40. The van der Waals surface area contributed by atoms with Crippen LogP contribution in [0.2, 0.25) is 0 Å². The lowest BCUT2D eigenvalue weighted by molar-refractivity contribution is -0.0672. The number of fused-ring (bicyclic) bond motifs is 4. The van der Waals surface area contributed by atoms with Gasteiger partial charge in [0.1, 0.15) is 0 Å². The van der Waals surface area contributed by atoms with Crippen molar-refractivity contribution in [3.8, 4) is 0 Å². The van der Waals surface area contributed by atoms with Gasteiger partial charge in [-0.05, 0) is 29.8 Å². The second kappa shape index (κ2) is 7.49. The molecule has 1 aromatic heterocycles. The number of anilines is 1. The summed E-state index contributed by atoms with van der Waals surface area (Å²) in [6.45, 7) is 3.51. The number of hydrogen-bond acceptors (Lipinski definition) is 7. The fourth-order valence-corrected chi connectivity index (χ4v) is 3.36. The molecule has 1 saturated heterocycles. The van der Waals surface area contributed by atoms with Crippen LogP contribution < -0.4 is 16.0 Å². The van der Waals surface area contributed by atoms with Crippen LogP contribution in [-0.2, 0) is 24.4 Å². The molecular formula is C17H23N7O3. The molecule has 0 saturated carbocycles. The standard InChI is InChI=1S/C17H23N7O3/c1-2-24-22-16(21-23-24)8-19-17(26)18-7-10-3-4-12-11(5-10)15-6-13(20-12)14(25)9-27-15/h3-5,13-15,20,25H,2,6-9H2,1H3,(H2,18,19,26)/t13-,14+,15-/m0/s1. The zero-order chi connectivity index (χ0) is 18.8. The van der Waals surface area contributed by atoms with Crippen molar-refractivity contribution in [1.82, 2.24) is 30.8 Å². The molecular weight excluding hydrogens is 350 g/mol. The van der Waals surface area contributed by atoms with Crippen molar-refractivity contribution in [2.24, 2.45) is 0 Å². The van der Waals surface area contributed by atoms with Gasteiger partial charge in [-0.3, -0.25) is 0 Å². The molecule has 3 heterocycles. The van der Waals surface area contributed by atoms with Crippen LogP contribution in [0.4, 0.5) is 10.5 Å². The number of hydrogen-bond donors (Lipinski definition) is 4. The largest absolute Gasteiger partial charge is 0.389 e. The van der Waals surface area contributed by atoms with E-state index in [2.05, 4.69) is 31.4 Å². The first-order chi connectivity index (χ1) is 13.1. The molecule has 10 heteroatoms. The van der Waals surface area contributed by atoms with Gasteiger partial charge in [0.2, 0.25) is 0 Å². The second-order valence-electron chi connectivity index (χ2n) is 6.73. The summed E-state index contributed by atoms with van der Waals surface area (Å²) < 4.78 is 5.76. The predicted molar refractivity (Wildman–Crippen MR) is 95.7 cm³/mol. The van der Waals surface area contributed by atoms with E-state index >= 15 is 0 Å². The molecule has 4 rings (SSSR count). The third-order valence-corrected chi connectivity index (χ3v) is 4.84. The van der Waals surface area contributed by atoms with E-state index in [4.69, 9.17) is 4.74 Å². The van der Waals surface area contributed by atoms with Gasteiger partial charge in [0.05, 0.1) is 37.9 Å². The number of benzene rings is 1. The Morgan fingerprint density at radius 1 is 1.41 bits per heavy atom.